The normalized spacial score (nSPS) is 11.2. The van der Waals surface area contributed by atoms with Crippen molar-refractivity contribution in [3.8, 4) is 5.75 Å². The molecule has 0 aliphatic rings. The average Bonchev–Trinajstić information content (AvgIpc) is 2.68. The van der Waals surface area contributed by atoms with E-state index in [4.69, 9.17) is 5.11 Å². The van der Waals surface area contributed by atoms with Gasteiger partial charge in [-0.1, -0.05) is 24.3 Å². The van der Waals surface area contributed by atoms with Gasteiger partial charge in [-0.3, -0.25) is 9.59 Å². The second-order valence-corrected chi connectivity index (χ2v) is 8.47. The molecule has 0 fully saturated rings. The standard InChI is InChI=1S/C20H23NO6S/c1-21(11-12-22)20(25)18-4-2-3-5-19(18)28(26,27)13-10-17(24)14-15-6-8-16(23)9-7-15/h2-9,22-23H,10-14H2,1H3. The van der Waals surface area contributed by atoms with Crippen LogP contribution in [-0.2, 0) is 21.1 Å². The predicted molar refractivity (Wildman–Crippen MR) is 104 cm³/mol. The maximum absolute atomic E-state index is 12.7. The molecule has 0 radical (unpaired) electrons. The molecule has 0 spiro atoms. The Labute approximate surface area is 164 Å². The number of ketones is 1. The molecule has 2 aromatic carbocycles. The van der Waals surface area contributed by atoms with Gasteiger partial charge in [0.25, 0.3) is 5.91 Å². The molecule has 0 saturated heterocycles. The van der Waals surface area contributed by atoms with Gasteiger partial charge in [0.15, 0.2) is 9.84 Å². The number of benzene rings is 2. The van der Waals surface area contributed by atoms with Crippen molar-refractivity contribution in [1.82, 2.24) is 4.90 Å². The van der Waals surface area contributed by atoms with Crippen LogP contribution in [0.5, 0.6) is 5.75 Å². The Kier molecular flexibility index (Phi) is 7.31. The monoisotopic (exact) mass is 405 g/mol. The van der Waals surface area contributed by atoms with Gasteiger partial charge in [0.1, 0.15) is 11.5 Å². The molecular formula is C20H23NO6S. The van der Waals surface area contributed by atoms with Gasteiger partial charge in [-0.2, -0.15) is 0 Å². The van der Waals surface area contributed by atoms with Gasteiger partial charge >= 0.3 is 0 Å². The molecule has 0 atom stereocenters. The van der Waals surface area contributed by atoms with Gasteiger partial charge in [0.2, 0.25) is 0 Å². The van der Waals surface area contributed by atoms with E-state index < -0.39 is 21.5 Å². The minimum atomic E-state index is -3.85. The first-order valence-corrected chi connectivity index (χ1v) is 10.4. The molecule has 0 heterocycles. The van der Waals surface area contributed by atoms with Crippen LogP contribution in [0.1, 0.15) is 22.3 Å². The first-order valence-electron chi connectivity index (χ1n) is 8.72. The highest BCUT2D eigenvalue weighted by Crippen LogP contribution is 2.20. The fraction of sp³-hybridized carbons (Fsp3) is 0.300. The summed E-state index contributed by atoms with van der Waals surface area (Å²) in [6, 6.07) is 12.0. The molecule has 0 aliphatic heterocycles. The number of nitrogens with zero attached hydrogens (tertiary/aromatic N) is 1. The van der Waals surface area contributed by atoms with Crippen LogP contribution in [0.3, 0.4) is 0 Å². The van der Waals surface area contributed by atoms with E-state index in [0.29, 0.717) is 5.56 Å². The van der Waals surface area contributed by atoms with Crippen molar-refractivity contribution in [3.63, 3.8) is 0 Å². The van der Waals surface area contributed by atoms with Crippen LogP contribution in [0.2, 0.25) is 0 Å². The van der Waals surface area contributed by atoms with Gasteiger partial charge in [-0.05, 0) is 29.8 Å². The largest absolute Gasteiger partial charge is 0.508 e. The smallest absolute Gasteiger partial charge is 0.254 e. The number of phenols is 1. The van der Waals surface area contributed by atoms with Crippen LogP contribution in [0.4, 0.5) is 0 Å². The lowest BCUT2D eigenvalue weighted by atomic mass is 10.1. The van der Waals surface area contributed by atoms with E-state index in [1.807, 2.05) is 0 Å². The summed E-state index contributed by atoms with van der Waals surface area (Å²) >= 11 is 0. The van der Waals surface area contributed by atoms with E-state index in [9.17, 15) is 23.1 Å². The van der Waals surface area contributed by atoms with Crippen molar-refractivity contribution >= 4 is 21.5 Å². The van der Waals surface area contributed by atoms with Crippen molar-refractivity contribution in [3.05, 3.63) is 59.7 Å². The Morgan fingerprint density at radius 3 is 2.32 bits per heavy atom. The van der Waals surface area contributed by atoms with Crippen molar-refractivity contribution in [2.45, 2.75) is 17.7 Å². The Balaban J connectivity index is 2.11. The highest BCUT2D eigenvalue weighted by atomic mass is 32.2. The molecule has 28 heavy (non-hydrogen) atoms. The molecular weight excluding hydrogens is 382 g/mol. The fourth-order valence-corrected chi connectivity index (χ4v) is 4.15. The number of Topliss-reactive ketones (excluding diaryl/α,β-unsaturated/α-hetero) is 1. The third kappa shape index (κ3) is 5.64. The number of aliphatic hydroxyl groups excluding tert-OH is 1. The summed E-state index contributed by atoms with van der Waals surface area (Å²) in [5, 5.41) is 18.2. The maximum atomic E-state index is 12.7. The number of aliphatic hydroxyl groups is 1. The van der Waals surface area contributed by atoms with E-state index in [1.165, 1.54) is 42.3 Å². The van der Waals surface area contributed by atoms with Crippen molar-refractivity contribution in [2.24, 2.45) is 0 Å². The van der Waals surface area contributed by atoms with E-state index in [0.717, 1.165) is 0 Å². The maximum Gasteiger partial charge on any atom is 0.254 e. The van der Waals surface area contributed by atoms with E-state index in [2.05, 4.69) is 0 Å². The fourth-order valence-electron chi connectivity index (χ4n) is 2.66. The third-order valence-electron chi connectivity index (χ3n) is 4.22. The minimum Gasteiger partial charge on any atom is -0.508 e. The number of carbonyl (C=O) groups excluding carboxylic acids is 2. The van der Waals surface area contributed by atoms with Crippen LogP contribution < -0.4 is 0 Å². The lowest BCUT2D eigenvalue weighted by Gasteiger charge is -2.18. The minimum absolute atomic E-state index is 0.0180. The summed E-state index contributed by atoms with van der Waals surface area (Å²) in [4.78, 5) is 25.7. The number of likely N-dealkylation sites (N-methyl/N-ethyl adjacent to an activating group) is 1. The van der Waals surface area contributed by atoms with Crippen LogP contribution in [0, 0.1) is 0 Å². The average molecular weight is 405 g/mol. The molecule has 2 aromatic rings. The van der Waals surface area contributed by atoms with Crippen LogP contribution in [0.15, 0.2) is 53.4 Å². The Morgan fingerprint density at radius 2 is 1.68 bits per heavy atom. The summed E-state index contributed by atoms with van der Waals surface area (Å²) in [7, 11) is -2.37. The Morgan fingerprint density at radius 1 is 1.04 bits per heavy atom. The zero-order valence-electron chi connectivity index (χ0n) is 15.5. The molecule has 1 amide bonds. The van der Waals surface area contributed by atoms with Crippen molar-refractivity contribution in [2.75, 3.05) is 26.0 Å². The number of hydrogen-bond acceptors (Lipinski definition) is 6. The number of sulfone groups is 1. The molecule has 0 unspecified atom stereocenters. The third-order valence-corrected chi connectivity index (χ3v) is 5.99. The summed E-state index contributed by atoms with van der Waals surface area (Å²) in [6.07, 6.45) is -0.117. The Bertz CT molecular complexity index is 937. The van der Waals surface area contributed by atoms with E-state index in [1.54, 1.807) is 18.2 Å². The van der Waals surface area contributed by atoms with Gasteiger partial charge in [-0.25, -0.2) is 8.42 Å². The summed E-state index contributed by atoms with van der Waals surface area (Å²) in [6.45, 7) is -0.152. The second-order valence-electron chi connectivity index (χ2n) is 6.40. The highest BCUT2D eigenvalue weighted by molar-refractivity contribution is 7.91. The number of amides is 1. The van der Waals surface area contributed by atoms with Crippen LogP contribution in [-0.4, -0.2) is 61.2 Å². The molecule has 0 aliphatic carbocycles. The first-order chi connectivity index (χ1) is 13.2. The Hall–Kier alpha value is -2.71. The zero-order valence-corrected chi connectivity index (χ0v) is 16.4. The SMILES string of the molecule is CN(CCO)C(=O)c1ccccc1S(=O)(=O)CCC(=O)Cc1ccc(O)cc1. The number of carbonyl (C=O) groups is 2. The quantitative estimate of drug-likeness (QED) is 0.653. The summed E-state index contributed by atoms with van der Waals surface area (Å²) in [5.41, 5.74) is 0.700. The number of aromatic hydroxyl groups is 1. The number of hydrogen-bond donors (Lipinski definition) is 2. The summed E-state index contributed by atoms with van der Waals surface area (Å²) in [5.74, 6) is -1.08. The van der Waals surface area contributed by atoms with E-state index >= 15 is 0 Å². The van der Waals surface area contributed by atoms with Crippen LogP contribution in [0.25, 0.3) is 0 Å². The van der Waals surface area contributed by atoms with Gasteiger partial charge in [0, 0.05) is 26.4 Å². The topological polar surface area (TPSA) is 112 Å². The molecule has 150 valence electrons. The first kappa shape index (κ1) is 21.6. The molecule has 7 nitrogen and oxygen atoms in total. The van der Waals surface area contributed by atoms with Crippen molar-refractivity contribution in [1.29, 1.82) is 0 Å². The second kappa shape index (κ2) is 9.48. The zero-order chi connectivity index (χ0) is 20.7. The molecule has 8 heteroatoms. The van der Waals surface area contributed by atoms with Gasteiger partial charge in [-0.15, -0.1) is 0 Å². The lowest BCUT2D eigenvalue weighted by Crippen LogP contribution is -2.30. The van der Waals surface area contributed by atoms with E-state index in [-0.39, 0.29) is 48.0 Å². The van der Waals surface area contributed by atoms with Gasteiger partial charge < -0.3 is 15.1 Å². The molecule has 0 saturated carbocycles. The highest BCUT2D eigenvalue weighted by Gasteiger charge is 2.24. The predicted octanol–water partition coefficient (Wildman–Crippen LogP) is 1.43. The molecule has 0 aromatic heterocycles. The van der Waals surface area contributed by atoms with Crippen LogP contribution >= 0.6 is 0 Å². The van der Waals surface area contributed by atoms with Gasteiger partial charge in [0.05, 0.1) is 22.8 Å². The number of rotatable bonds is 9. The number of phenolic OH excluding ortho intramolecular Hbond substituents is 1. The molecule has 0 bridgehead atoms. The molecule has 2 N–H and O–H groups in total. The molecule has 2 rings (SSSR count). The van der Waals surface area contributed by atoms with Crippen molar-refractivity contribution < 1.29 is 28.2 Å². The lowest BCUT2D eigenvalue weighted by molar-refractivity contribution is -0.118. The summed E-state index contributed by atoms with van der Waals surface area (Å²) < 4.78 is 25.5.